The maximum Gasteiger partial charge on any atom is 0.275 e. The summed E-state index contributed by atoms with van der Waals surface area (Å²) in [5.74, 6) is -0.223. The largest absolute Gasteiger partial charge is 0.355 e. The summed E-state index contributed by atoms with van der Waals surface area (Å²) in [6.07, 6.45) is 5.67. The highest BCUT2D eigenvalue weighted by Crippen LogP contribution is 2.17. The number of aliphatic imine (C=N–C) groups is 2. The van der Waals surface area contributed by atoms with E-state index >= 15 is 0 Å². The maximum absolute atomic E-state index is 14.2. The molecule has 9 heteroatoms. The average molecular weight is 399 g/mol. The molecule has 2 N–H and O–H groups in total. The number of halogens is 1. The summed E-state index contributed by atoms with van der Waals surface area (Å²) >= 11 is 0. The summed E-state index contributed by atoms with van der Waals surface area (Å²) < 4.78 is 15.7. The molecule has 0 saturated carbocycles. The number of pyridine rings is 1. The van der Waals surface area contributed by atoms with Gasteiger partial charge in [0.2, 0.25) is 0 Å². The van der Waals surface area contributed by atoms with Gasteiger partial charge in [0, 0.05) is 44.1 Å². The van der Waals surface area contributed by atoms with Crippen LogP contribution >= 0.6 is 0 Å². The van der Waals surface area contributed by atoms with E-state index in [1.165, 1.54) is 16.7 Å². The Kier molecular flexibility index (Phi) is 6.38. The van der Waals surface area contributed by atoms with Gasteiger partial charge >= 0.3 is 0 Å². The van der Waals surface area contributed by atoms with Gasteiger partial charge in [0.25, 0.3) is 5.91 Å². The van der Waals surface area contributed by atoms with Gasteiger partial charge in [-0.05, 0) is 27.0 Å². The summed E-state index contributed by atoms with van der Waals surface area (Å²) in [7, 11) is 0. The molecule has 1 aliphatic heterocycles. The van der Waals surface area contributed by atoms with E-state index in [0.717, 1.165) is 31.9 Å². The van der Waals surface area contributed by atoms with Crippen molar-refractivity contribution in [2.45, 2.75) is 33.2 Å². The Morgan fingerprint density at radius 1 is 1.52 bits per heavy atom. The van der Waals surface area contributed by atoms with Crippen LogP contribution in [0.3, 0.4) is 0 Å². The van der Waals surface area contributed by atoms with Crippen molar-refractivity contribution in [2.75, 3.05) is 25.0 Å². The fraction of sp³-hybridized carbons (Fsp3) is 0.400. The van der Waals surface area contributed by atoms with Gasteiger partial charge in [0.1, 0.15) is 11.5 Å². The van der Waals surface area contributed by atoms with Crippen LogP contribution < -0.4 is 10.6 Å². The quantitative estimate of drug-likeness (QED) is 0.459. The van der Waals surface area contributed by atoms with Crippen molar-refractivity contribution in [1.29, 1.82) is 0 Å². The number of nitrogens with one attached hydrogen (secondary N) is 2. The third-order valence-electron chi connectivity index (χ3n) is 4.90. The van der Waals surface area contributed by atoms with Gasteiger partial charge in [-0.3, -0.25) is 9.79 Å². The van der Waals surface area contributed by atoms with E-state index in [1.807, 2.05) is 6.92 Å². The molecule has 2 aromatic rings. The van der Waals surface area contributed by atoms with Gasteiger partial charge in [0.05, 0.1) is 17.6 Å². The van der Waals surface area contributed by atoms with Crippen LogP contribution in [0.4, 0.5) is 10.1 Å². The molecule has 3 rings (SSSR count). The fourth-order valence-corrected chi connectivity index (χ4v) is 3.39. The smallest absolute Gasteiger partial charge is 0.275 e. The third-order valence-corrected chi connectivity index (χ3v) is 4.90. The van der Waals surface area contributed by atoms with E-state index in [4.69, 9.17) is 0 Å². The second-order valence-electron chi connectivity index (χ2n) is 6.95. The van der Waals surface area contributed by atoms with Crippen molar-refractivity contribution < 1.29 is 9.18 Å². The number of aromatic nitrogens is 2. The molecule has 8 nitrogen and oxygen atoms in total. The molecule has 3 heterocycles. The molecule has 1 atom stereocenters. The SMILES string of the molecule is C=N/C(=C\N=C(/C)N1CCNCC1CC)C(=O)Nc1cc(F)c2nc(C)cn2c1. The summed E-state index contributed by atoms with van der Waals surface area (Å²) in [4.78, 5) is 27.1. The van der Waals surface area contributed by atoms with Gasteiger partial charge in [-0.25, -0.2) is 14.4 Å². The van der Waals surface area contributed by atoms with Crippen LogP contribution in [0.1, 0.15) is 26.0 Å². The topological polar surface area (TPSA) is 86.4 Å². The molecule has 154 valence electrons. The first kappa shape index (κ1) is 20.7. The Morgan fingerprint density at radius 3 is 3.03 bits per heavy atom. The first-order valence-corrected chi connectivity index (χ1v) is 9.57. The molecule has 0 radical (unpaired) electrons. The van der Waals surface area contributed by atoms with E-state index in [0.29, 0.717) is 17.4 Å². The van der Waals surface area contributed by atoms with Crippen molar-refractivity contribution in [3.63, 3.8) is 0 Å². The lowest BCUT2D eigenvalue weighted by atomic mass is 10.1. The van der Waals surface area contributed by atoms with Gasteiger partial charge in [-0.2, -0.15) is 0 Å². The Hall–Kier alpha value is -3.07. The van der Waals surface area contributed by atoms with Gasteiger partial charge in [-0.1, -0.05) is 6.92 Å². The monoisotopic (exact) mass is 399 g/mol. The van der Waals surface area contributed by atoms with Crippen LogP contribution in [-0.4, -0.2) is 58.4 Å². The van der Waals surface area contributed by atoms with Crippen molar-refractivity contribution in [2.24, 2.45) is 9.98 Å². The van der Waals surface area contributed by atoms with Crippen LogP contribution in [0.2, 0.25) is 0 Å². The number of hydrogen-bond acceptors (Lipinski definition) is 5. The van der Waals surface area contributed by atoms with Gasteiger partial charge < -0.3 is 19.9 Å². The number of imidazole rings is 1. The highest BCUT2D eigenvalue weighted by Gasteiger charge is 2.21. The Labute approximate surface area is 169 Å². The number of amides is 1. The minimum absolute atomic E-state index is 0.0508. The van der Waals surface area contributed by atoms with Crippen molar-refractivity contribution in [3.8, 4) is 0 Å². The first-order chi connectivity index (χ1) is 13.9. The molecular formula is C20H26FN7O. The molecule has 1 unspecified atom stereocenters. The molecule has 0 aliphatic carbocycles. The highest BCUT2D eigenvalue weighted by molar-refractivity contribution is 6.04. The minimum atomic E-state index is -0.522. The maximum atomic E-state index is 14.2. The predicted molar refractivity (Wildman–Crippen MR) is 113 cm³/mol. The number of hydrogen-bond donors (Lipinski definition) is 2. The van der Waals surface area contributed by atoms with Crippen LogP contribution in [0.25, 0.3) is 5.65 Å². The lowest BCUT2D eigenvalue weighted by molar-refractivity contribution is -0.112. The van der Waals surface area contributed by atoms with E-state index in [1.54, 1.807) is 19.3 Å². The molecule has 1 amide bonds. The zero-order chi connectivity index (χ0) is 21.0. The van der Waals surface area contributed by atoms with Crippen molar-refractivity contribution >= 4 is 29.8 Å². The Morgan fingerprint density at radius 2 is 2.31 bits per heavy atom. The van der Waals surface area contributed by atoms with E-state index in [-0.39, 0.29) is 11.3 Å². The molecule has 29 heavy (non-hydrogen) atoms. The summed E-state index contributed by atoms with van der Waals surface area (Å²) in [5.41, 5.74) is 1.24. The second kappa shape index (κ2) is 8.95. The molecule has 0 bridgehead atoms. The number of carbonyl (C=O) groups excluding carboxylic acids is 1. The first-order valence-electron chi connectivity index (χ1n) is 9.57. The number of nitrogens with zero attached hydrogens (tertiary/aromatic N) is 5. The lowest BCUT2D eigenvalue weighted by Crippen LogP contribution is -2.52. The lowest BCUT2D eigenvalue weighted by Gasteiger charge is -2.37. The Bertz CT molecular complexity index is 979. The van der Waals surface area contributed by atoms with Crippen LogP contribution in [-0.2, 0) is 4.79 Å². The number of anilines is 1. The molecule has 0 aromatic carbocycles. The zero-order valence-electron chi connectivity index (χ0n) is 16.9. The third kappa shape index (κ3) is 4.68. The number of aryl methyl sites for hydroxylation is 1. The van der Waals surface area contributed by atoms with Gasteiger partial charge in [0.15, 0.2) is 11.5 Å². The number of amidine groups is 1. The average Bonchev–Trinajstić information content (AvgIpc) is 3.09. The van der Waals surface area contributed by atoms with Crippen LogP contribution in [0.15, 0.2) is 40.3 Å². The number of rotatable bonds is 5. The van der Waals surface area contributed by atoms with Gasteiger partial charge in [-0.15, -0.1) is 0 Å². The highest BCUT2D eigenvalue weighted by atomic mass is 19.1. The van der Waals surface area contributed by atoms with Crippen molar-refractivity contribution in [3.05, 3.63) is 41.9 Å². The second-order valence-corrected chi connectivity index (χ2v) is 6.95. The number of carbonyl (C=O) groups is 1. The zero-order valence-corrected chi connectivity index (χ0v) is 16.9. The van der Waals surface area contributed by atoms with Crippen LogP contribution in [0.5, 0.6) is 0 Å². The Balaban J connectivity index is 1.77. The minimum Gasteiger partial charge on any atom is -0.355 e. The number of piperazine rings is 1. The standard InChI is InChI=1S/C20H26FN7O/c1-5-16-9-23-6-7-28(16)14(3)24-10-18(22-4)20(29)26-15-8-17(21)19-25-13(2)11-27(19)12-15/h8,10-12,16,23H,4-7,9H2,1-3H3,(H,26,29)/b18-10-,24-14+. The van der Waals surface area contributed by atoms with Crippen LogP contribution in [0, 0.1) is 12.7 Å². The molecule has 2 aromatic heterocycles. The summed E-state index contributed by atoms with van der Waals surface area (Å²) in [5, 5.41) is 6.01. The number of fused-ring (bicyclic) bond motifs is 1. The van der Waals surface area contributed by atoms with E-state index in [2.05, 4.69) is 44.1 Å². The van der Waals surface area contributed by atoms with Crippen molar-refractivity contribution in [1.82, 2.24) is 19.6 Å². The summed E-state index contributed by atoms with van der Waals surface area (Å²) in [6.45, 7) is 11.9. The molecule has 1 fully saturated rings. The normalized spacial score (nSPS) is 18.2. The van der Waals surface area contributed by atoms with E-state index < -0.39 is 11.7 Å². The predicted octanol–water partition coefficient (Wildman–Crippen LogP) is 2.36. The summed E-state index contributed by atoms with van der Waals surface area (Å²) in [6, 6.07) is 1.59. The fourth-order valence-electron chi connectivity index (χ4n) is 3.39. The molecule has 1 saturated heterocycles. The molecular weight excluding hydrogens is 373 g/mol. The molecule has 0 spiro atoms. The molecule has 1 aliphatic rings. The van der Waals surface area contributed by atoms with E-state index in [9.17, 15) is 9.18 Å².